The van der Waals surface area contributed by atoms with Crippen molar-refractivity contribution in [3.05, 3.63) is 0 Å². The molecule has 2 N–H and O–H groups in total. The lowest BCUT2D eigenvalue weighted by atomic mass is 9.99. The molecule has 6 heteroatoms. The Balaban J connectivity index is 1.90. The molecule has 0 aromatic carbocycles. The van der Waals surface area contributed by atoms with Gasteiger partial charge in [0.2, 0.25) is 11.8 Å². The van der Waals surface area contributed by atoms with Gasteiger partial charge in [-0.3, -0.25) is 19.4 Å². The van der Waals surface area contributed by atoms with Crippen molar-refractivity contribution in [3.63, 3.8) is 0 Å². The van der Waals surface area contributed by atoms with Crippen LogP contribution in [0.2, 0.25) is 0 Å². The number of amides is 2. The average molecular weight is 269 g/mol. The number of rotatable bonds is 3. The molecule has 2 amide bonds. The minimum Gasteiger partial charge on any atom is -0.392 e. The Kier molecular flexibility index (Phi) is 4.29. The number of carbonyl (C=O) groups excluding carboxylic acids is 2. The summed E-state index contributed by atoms with van der Waals surface area (Å²) in [6, 6.07) is 0.0768. The highest BCUT2D eigenvalue weighted by Gasteiger charge is 2.34. The average Bonchev–Trinajstić information content (AvgIpc) is 2.30. The number of imide groups is 1. The highest BCUT2D eigenvalue weighted by molar-refractivity contribution is 7.80. The van der Waals surface area contributed by atoms with E-state index in [0.29, 0.717) is 30.8 Å². The summed E-state index contributed by atoms with van der Waals surface area (Å²) in [6.07, 6.45) is 3.40. The molecule has 2 fully saturated rings. The van der Waals surface area contributed by atoms with Crippen molar-refractivity contribution in [3.8, 4) is 0 Å². The van der Waals surface area contributed by atoms with Crippen LogP contribution in [0.1, 0.15) is 32.1 Å². The molecule has 0 spiro atoms. The summed E-state index contributed by atoms with van der Waals surface area (Å²) in [6.45, 7) is 2.32. The van der Waals surface area contributed by atoms with Crippen LogP contribution in [0, 0.1) is 0 Å². The van der Waals surface area contributed by atoms with Crippen molar-refractivity contribution in [2.75, 3.05) is 19.6 Å². The first-order chi connectivity index (χ1) is 8.58. The van der Waals surface area contributed by atoms with Gasteiger partial charge in [-0.15, -0.1) is 0 Å². The predicted molar refractivity (Wildman–Crippen MR) is 72.0 cm³/mol. The molecule has 0 atom stereocenters. The van der Waals surface area contributed by atoms with Gasteiger partial charge >= 0.3 is 0 Å². The molecule has 0 aromatic rings. The standard InChI is InChI=1S/C12H19N3O2S/c13-10(18)8-14-6-4-9(5-7-14)15-11(16)2-1-3-12(15)17/h9H,1-8H2,(H2,13,18). The first-order valence-corrected chi connectivity index (χ1v) is 6.84. The van der Waals surface area contributed by atoms with E-state index in [1.807, 2.05) is 0 Å². The molecule has 2 rings (SSSR count). The maximum Gasteiger partial charge on any atom is 0.229 e. The third kappa shape index (κ3) is 3.05. The van der Waals surface area contributed by atoms with Crippen molar-refractivity contribution >= 4 is 29.0 Å². The Labute approximate surface area is 112 Å². The number of likely N-dealkylation sites (tertiary alicyclic amines) is 2. The van der Waals surface area contributed by atoms with Crippen molar-refractivity contribution in [1.82, 2.24) is 9.80 Å². The lowest BCUT2D eigenvalue weighted by Gasteiger charge is -2.38. The number of nitrogens with two attached hydrogens (primary N) is 1. The Morgan fingerprint density at radius 2 is 1.78 bits per heavy atom. The molecule has 0 bridgehead atoms. The number of thiocarbonyl (C=S) groups is 1. The molecule has 0 aliphatic carbocycles. The van der Waals surface area contributed by atoms with E-state index < -0.39 is 0 Å². The Morgan fingerprint density at radius 3 is 2.28 bits per heavy atom. The van der Waals surface area contributed by atoms with Gasteiger partial charge in [-0.25, -0.2) is 0 Å². The van der Waals surface area contributed by atoms with Crippen LogP contribution >= 0.6 is 12.2 Å². The molecule has 2 aliphatic heterocycles. The fourth-order valence-corrected chi connectivity index (χ4v) is 2.92. The second kappa shape index (κ2) is 5.75. The summed E-state index contributed by atoms with van der Waals surface area (Å²) < 4.78 is 0. The van der Waals surface area contributed by atoms with Gasteiger partial charge in [0.25, 0.3) is 0 Å². The van der Waals surface area contributed by atoms with Gasteiger partial charge in [-0.1, -0.05) is 12.2 Å². The molecular weight excluding hydrogens is 250 g/mol. The monoisotopic (exact) mass is 269 g/mol. The third-order valence-electron chi connectivity index (χ3n) is 3.62. The van der Waals surface area contributed by atoms with E-state index in [2.05, 4.69) is 4.90 Å². The van der Waals surface area contributed by atoms with Crippen LogP contribution in [-0.4, -0.2) is 52.3 Å². The summed E-state index contributed by atoms with van der Waals surface area (Å²) in [4.78, 5) is 27.8. The third-order valence-corrected chi connectivity index (χ3v) is 3.75. The van der Waals surface area contributed by atoms with Gasteiger partial charge in [-0.2, -0.15) is 0 Å². The molecule has 0 saturated carbocycles. The van der Waals surface area contributed by atoms with Crippen LogP contribution in [0.15, 0.2) is 0 Å². The molecule has 2 aliphatic rings. The van der Waals surface area contributed by atoms with Crippen LogP contribution in [0.25, 0.3) is 0 Å². The molecular formula is C12H19N3O2S. The fraction of sp³-hybridized carbons (Fsp3) is 0.750. The molecule has 2 saturated heterocycles. The van der Waals surface area contributed by atoms with Crippen LogP contribution < -0.4 is 5.73 Å². The van der Waals surface area contributed by atoms with Crippen LogP contribution in [-0.2, 0) is 9.59 Å². The van der Waals surface area contributed by atoms with Crippen LogP contribution in [0.4, 0.5) is 0 Å². The molecule has 0 unspecified atom stereocenters. The summed E-state index contributed by atoms with van der Waals surface area (Å²) in [5, 5.41) is 0. The van der Waals surface area contributed by atoms with Crippen molar-refractivity contribution in [1.29, 1.82) is 0 Å². The highest BCUT2D eigenvalue weighted by atomic mass is 32.1. The first kappa shape index (κ1) is 13.4. The van der Waals surface area contributed by atoms with Gasteiger partial charge in [0.05, 0.1) is 4.99 Å². The molecule has 18 heavy (non-hydrogen) atoms. The summed E-state index contributed by atoms with van der Waals surface area (Å²) >= 11 is 4.89. The van der Waals surface area contributed by atoms with E-state index in [1.165, 1.54) is 4.90 Å². The fourth-order valence-electron chi connectivity index (χ4n) is 2.73. The van der Waals surface area contributed by atoms with E-state index in [1.54, 1.807) is 0 Å². The number of carbonyl (C=O) groups is 2. The van der Waals surface area contributed by atoms with E-state index >= 15 is 0 Å². The van der Waals surface area contributed by atoms with Crippen LogP contribution in [0.5, 0.6) is 0 Å². The zero-order valence-corrected chi connectivity index (χ0v) is 11.2. The summed E-state index contributed by atoms with van der Waals surface area (Å²) in [5.74, 6) is -0.00177. The lowest BCUT2D eigenvalue weighted by Crippen LogP contribution is -2.52. The van der Waals surface area contributed by atoms with Crippen molar-refractivity contribution in [2.45, 2.75) is 38.1 Å². The van der Waals surface area contributed by atoms with Gasteiger partial charge in [0.15, 0.2) is 0 Å². The number of nitrogens with zero attached hydrogens (tertiary/aromatic N) is 2. The number of hydrogen-bond donors (Lipinski definition) is 1. The predicted octanol–water partition coefficient (Wildman–Crippen LogP) is 0.276. The molecule has 5 nitrogen and oxygen atoms in total. The SMILES string of the molecule is NC(=S)CN1CCC(N2C(=O)CCCC2=O)CC1. The number of hydrogen-bond acceptors (Lipinski definition) is 4. The quantitative estimate of drug-likeness (QED) is 0.589. The Morgan fingerprint density at radius 1 is 1.22 bits per heavy atom. The summed E-state index contributed by atoms with van der Waals surface area (Å²) in [5.41, 5.74) is 5.52. The Hall–Kier alpha value is -1.01. The lowest BCUT2D eigenvalue weighted by molar-refractivity contribution is -0.151. The highest BCUT2D eigenvalue weighted by Crippen LogP contribution is 2.22. The zero-order chi connectivity index (χ0) is 13.1. The molecule has 2 heterocycles. The maximum absolute atomic E-state index is 11.8. The molecule has 0 aromatic heterocycles. The first-order valence-electron chi connectivity index (χ1n) is 6.43. The largest absolute Gasteiger partial charge is 0.392 e. The van der Waals surface area contributed by atoms with Crippen LogP contribution in [0.3, 0.4) is 0 Å². The van der Waals surface area contributed by atoms with Crippen molar-refractivity contribution in [2.24, 2.45) is 5.73 Å². The minimum atomic E-state index is -0.000884. The topological polar surface area (TPSA) is 66.6 Å². The van der Waals surface area contributed by atoms with E-state index in [0.717, 1.165) is 25.9 Å². The van der Waals surface area contributed by atoms with E-state index in [4.69, 9.17) is 18.0 Å². The maximum atomic E-state index is 11.8. The minimum absolute atomic E-state index is 0.000884. The summed E-state index contributed by atoms with van der Waals surface area (Å²) in [7, 11) is 0. The molecule has 100 valence electrons. The Bertz CT molecular complexity index is 348. The van der Waals surface area contributed by atoms with Gasteiger partial charge in [0.1, 0.15) is 0 Å². The number of piperidine rings is 2. The van der Waals surface area contributed by atoms with Gasteiger partial charge in [-0.05, 0) is 19.3 Å². The smallest absolute Gasteiger partial charge is 0.229 e. The second-order valence-corrected chi connectivity index (χ2v) is 5.51. The normalized spacial score (nSPS) is 23.4. The van der Waals surface area contributed by atoms with E-state index in [9.17, 15) is 9.59 Å². The van der Waals surface area contributed by atoms with E-state index in [-0.39, 0.29) is 17.9 Å². The second-order valence-electron chi connectivity index (χ2n) is 4.98. The van der Waals surface area contributed by atoms with Gasteiger partial charge in [0, 0.05) is 38.5 Å². The molecule has 0 radical (unpaired) electrons. The van der Waals surface area contributed by atoms with Gasteiger partial charge < -0.3 is 5.73 Å². The zero-order valence-electron chi connectivity index (χ0n) is 10.4. The van der Waals surface area contributed by atoms with Crippen molar-refractivity contribution < 1.29 is 9.59 Å².